The van der Waals surface area contributed by atoms with Gasteiger partial charge in [-0.3, -0.25) is 4.79 Å². The average molecular weight is 199 g/mol. The molecule has 0 saturated heterocycles. The van der Waals surface area contributed by atoms with Crippen LogP contribution in [0.3, 0.4) is 0 Å². The van der Waals surface area contributed by atoms with E-state index in [1.54, 1.807) is 0 Å². The predicted molar refractivity (Wildman–Crippen MR) is 61.5 cm³/mol. The molecule has 0 aromatic heterocycles. The standard InChI is InChI=1S/C12H25NO/c1-4-5-6-7-8-9-12(14)11(2)10-13-3/h11,13H,4-10H2,1-3H3. The summed E-state index contributed by atoms with van der Waals surface area (Å²) in [5.41, 5.74) is 0. The summed E-state index contributed by atoms with van der Waals surface area (Å²) in [6.07, 6.45) is 6.92. The first-order chi connectivity index (χ1) is 6.72. The van der Waals surface area contributed by atoms with Gasteiger partial charge in [-0.05, 0) is 13.5 Å². The van der Waals surface area contributed by atoms with Crippen LogP contribution in [-0.2, 0) is 4.79 Å². The number of nitrogens with one attached hydrogen (secondary N) is 1. The molecular formula is C12H25NO. The van der Waals surface area contributed by atoms with Gasteiger partial charge in [0.05, 0.1) is 0 Å². The Balaban J connectivity index is 3.34. The van der Waals surface area contributed by atoms with E-state index in [9.17, 15) is 4.79 Å². The molecule has 2 heteroatoms. The number of rotatable bonds is 9. The van der Waals surface area contributed by atoms with Gasteiger partial charge in [0.2, 0.25) is 0 Å². The van der Waals surface area contributed by atoms with E-state index in [4.69, 9.17) is 0 Å². The highest BCUT2D eigenvalue weighted by molar-refractivity contribution is 5.80. The van der Waals surface area contributed by atoms with E-state index in [1.165, 1.54) is 25.7 Å². The van der Waals surface area contributed by atoms with E-state index < -0.39 is 0 Å². The number of hydrogen-bond acceptors (Lipinski definition) is 2. The molecule has 0 saturated carbocycles. The molecule has 0 aliphatic rings. The Morgan fingerprint density at radius 3 is 2.43 bits per heavy atom. The van der Waals surface area contributed by atoms with E-state index in [-0.39, 0.29) is 5.92 Å². The normalized spacial score (nSPS) is 12.8. The van der Waals surface area contributed by atoms with Crippen molar-refractivity contribution in [2.45, 2.75) is 52.4 Å². The fourth-order valence-corrected chi connectivity index (χ4v) is 1.57. The van der Waals surface area contributed by atoms with Crippen LogP contribution < -0.4 is 5.32 Å². The Morgan fingerprint density at radius 2 is 1.86 bits per heavy atom. The van der Waals surface area contributed by atoms with Gasteiger partial charge in [0, 0.05) is 18.9 Å². The third-order valence-corrected chi connectivity index (χ3v) is 2.59. The van der Waals surface area contributed by atoms with E-state index in [0.29, 0.717) is 5.78 Å². The Kier molecular flexibility index (Phi) is 8.95. The fraction of sp³-hybridized carbons (Fsp3) is 0.917. The molecule has 1 unspecified atom stereocenters. The van der Waals surface area contributed by atoms with Crippen LogP contribution in [0.25, 0.3) is 0 Å². The van der Waals surface area contributed by atoms with Crippen molar-refractivity contribution in [1.29, 1.82) is 0 Å². The van der Waals surface area contributed by atoms with E-state index >= 15 is 0 Å². The van der Waals surface area contributed by atoms with Gasteiger partial charge in [-0.2, -0.15) is 0 Å². The van der Waals surface area contributed by atoms with Gasteiger partial charge < -0.3 is 5.32 Å². The maximum Gasteiger partial charge on any atom is 0.136 e. The zero-order valence-corrected chi connectivity index (χ0v) is 9.94. The highest BCUT2D eigenvalue weighted by atomic mass is 16.1. The van der Waals surface area contributed by atoms with Gasteiger partial charge in [-0.25, -0.2) is 0 Å². The van der Waals surface area contributed by atoms with Crippen LogP contribution in [0, 0.1) is 5.92 Å². The number of carbonyl (C=O) groups is 1. The SMILES string of the molecule is CCCCCCCC(=O)C(C)CNC. The van der Waals surface area contributed by atoms with E-state index in [2.05, 4.69) is 12.2 Å². The number of hydrogen-bond donors (Lipinski definition) is 1. The maximum atomic E-state index is 11.5. The molecule has 0 aliphatic carbocycles. The van der Waals surface area contributed by atoms with Crippen LogP contribution in [0.4, 0.5) is 0 Å². The fourth-order valence-electron chi connectivity index (χ4n) is 1.57. The topological polar surface area (TPSA) is 29.1 Å². The summed E-state index contributed by atoms with van der Waals surface area (Å²) in [7, 11) is 1.89. The van der Waals surface area contributed by atoms with Crippen molar-refractivity contribution < 1.29 is 4.79 Å². The van der Waals surface area contributed by atoms with Gasteiger partial charge in [0.1, 0.15) is 5.78 Å². The summed E-state index contributed by atoms with van der Waals surface area (Å²) in [6, 6.07) is 0. The molecule has 0 amide bonds. The molecule has 1 atom stereocenters. The Labute approximate surface area is 88.5 Å². The average Bonchev–Trinajstić information content (AvgIpc) is 2.17. The lowest BCUT2D eigenvalue weighted by molar-refractivity contribution is -0.122. The van der Waals surface area contributed by atoms with Crippen molar-refractivity contribution in [3.8, 4) is 0 Å². The molecule has 84 valence electrons. The lowest BCUT2D eigenvalue weighted by Gasteiger charge is -2.08. The quantitative estimate of drug-likeness (QED) is 0.579. The molecule has 0 aromatic carbocycles. The first-order valence-corrected chi connectivity index (χ1v) is 5.89. The summed E-state index contributed by atoms with van der Waals surface area (Å²) in [5.74, 6) is 0.599. The Morgan fingerprint density at radius 1 is 1.21 bits per heavy atom. The van der Waals surface area contributed by atoms with Gasteiger partial charge >= 0.3 is 0 Å². The third kappa shape index (κ3) is 7.07. The van der Waals surface area contributed by atoms with Crippen LogP contribution in [0.5, 0.6) is 0 Å². The number of carbonyl (C=O) groups excluding carboxylic acids is 1. The van der Waals surface area contributed by atoms with Crippen molar-refractivity contribution in [2.75, 3.05) is 13.6 Å². The van der Waals surface area contributed by atoms with Crippen molar-refractivity contribution >= 4 is 5.78 Å². The molecule has 0 heterocycles. The smallest absolute Gasteiger partial charge is 0.136 e. The van der Waals surface area contributed by atoms with Crippen molar-refractivity contribution in [2.24, 2.45) is 5.92 Å². The highest BCUT2D eigenvalue weighted by Crippen LogP contribution is 2.08. The second kappa shape index (κ2) is 9.20. The van der Waals surface area contributed by atoms with Crippen molar-refractivity contribution in [3.63, 3.8) is 0 Å². The molecule has 0 radical (unpaired) electrons. The lowest BCUT2D eigenvalue weighted by Crippen LogP contribution is -2.23. The highest BCUT2D eigenvalue weighted by Gasteiger charge is 2.10. The third-order valence-electron chi connectivity index (χ3n) is 2.59. The van der Waals surface area contributed by atoms with Crippen molar-refractivity contribution in [1.82, 2.24) is 5.32 Å². The first-order valence-electron chi connectivity index (χ1n) is 5.89. The van der Waals surface area contributed by atoms with Gasteiger partial charge in [0.25, 0.3) is 0 Å². The largest absolute Gasteiger partial charge is 0.319 e. The van der Waals surface area contributed by atoms with Crippen LogP contribution in [-0.4, -0.2) is 19.4 Å². The zero-order chi connectivity index (χ0) is 10.8. The van der Waals surface area contributed by atoms with Crippen LogP contribution in [0.1, 0.15) is 52.4 Å². The number of Topliss-reactive ketones (excluding diaryl/α,β-unsaturated/α-hetero) is 1. The molecule has 0 aromatic rings. The van der Waals surface area contributed by atoms with Crippen LogP contribution >= 0.6 is 0 Å². The monoisotopic (exact) mass is 199 g/mol. The number of unbranched alkanes of at least 4 members (excludes halogenated alkanes) is 4. The van der Waals surface area contributed by atoms with E-state index in [0.717, 1.165) is 19.4 Å². The number of ketones is 1. The second-order valence-electron chi connectivity index (χ2n) is 4.09. The molecule has 1 N–H and O–H groups in total. The molecule has 14 heavy (non-hydrogen) atoms. The molecule has 0 fully saturated rings. The Hall–Kier alpha value is -0.370. The lowest BCUT2D eigenvalue weighted by atomic mass is 10.0. The minimum Gasteiger partial charge on any atom is -0.319 e. The molecule has 0 aliphatic heterocycles. The maximum absolute atomic E-state index is 11.5. The summed E-state index contributed by atoms with van der Waals surface area (Å²) >= 11 is 0. The van der Waals surface area contributed by atoms with Gasteiger partial charge in [-0.15, -0.1) is 0 Å². The van der Waals surface area contributed by atoms with Crippen LogP contribution in [0.2, 0.25) is 0 Å². The minimum absolute atomic E-state index is 0.186. The predicted octanol–water partition coefficient (Wildman–Crippen LogP) is 2.77. The van der Waals surface area contributed by atoms with Crippen LogP contribution in [0.15, 0.2) is 0 Å². The van der Waals surface area contributed by atoms with E-state index in [1.807, 2.05) is 14.0 Å². The molecule has 0 rings (SSSR count). The minimum atomic E-state index is 0.186. The molecular weight excluding hydrogens is 174 g/mol. The molecule has 0 bridgehead atoms. The summed E-state index contributed by atoms with van der Waals surface area (Å²) in [5, 5.41) is 3.04. The zero-order valence-electron chi connectivity index (χ0n) is 9.94. The summed E-state index contributed by atoms with van der Waals surface area (Å²) in [6.45, 7) is 5.03. The summed E-state index contributed by atoms with van der Waals surface area (Å²) in [4.78, 5) is 11.5. The first kappa shape index (κ1) is 13.6. The van der Waals surface area contributed by atoms with Gasteiger partial charge in [-0.1, -0.05) is 39.5 Å². The molecule has 2 nitrogen and oxygen atoms in total. The molecule has 0 spiro atoms. The van der Waals surface area contributed by atoms with Gasteiger partial charge in [0.15, 0.2) is 0 Å². The second-order valence-corrected chi connectivity index (χ2v) is 4.09. The Bertz CT molecular complexity index is 145. The summed E-state index contributed by atoms with van der Waals surface area (Å²) < 4.78 is 0. The van der Waals surface area contributed by atoms with Crippen molar-refractivity contribution in [3.05, 3.63) is 0 Å².